The van der Waals surface area contributed by atoms with Crippen molar-refractivity contribution in [1.82, 2.24) is 15.0 Å². The maximum absolute atomic E-state index is 5.63. The molecular formula is C16H19N3O. The van der Waals surface area contributed by atoms with Gasteiger partial charge in [0.2, 0.25) is 0 Å². The molecule has 104 valence electrons. The zero-order chi connectivity index (χ0) is 14.3. The number of hydrogen-bond donors (Lipinski definition) is 1. The van der Waals surface area contributed by atoms with Gasteiger partial charge in [0.15, 0.2) is 12.0 Å². The fourth-order valence-corrected chi connectivity index (χ4v) is 2.44. The third-order valence-electron chi connectivity index (χ3n) is 3.55. The molecule has 2 heterocycles. The lowest BCUT2D eigenvalue weighted by molar-refractivity contribution is 0.554. The van der Waals surface area contributed by atoms with Crippen LogP contribution in [0.2, 0.25) is 0 Å². The molecule has 0 aliphatic carbocycles. The second-order valence-electron chi connectivity index (χ2n) is 6.04. The second kappa shape index (κ2) is 4.47. The molecule has 0 saturated carbocycles. The van der Waals surface area contributed by atoms with Gasteiger partial charge in [-0.3, -0.25) is 0 Å². The number of hydrogen-bond acceptors (Lipinski definition) is 3. The average molecular weight is 269 g/mol. The molecule has 2 aromatic heterocycles. The molecule has 0 saturated heterocycles. The number of aryl methyl sites for hydroxylation is 1. The van der Waals surface area contributed by atoms with Gasteiger partial charge in [-0.05, 0) is 5.41 Å². The first kappa shape index (κ1) is 12.9. The molecule has 3 rings (SSSR count). The van der Waals surface area contributed by atoms with Gasteiger partial charge in [0.25, 0.3) is 0 Å². The number of rotatable bonds is 2. The van der Waals surface area contributed by atoms with Crippen molar-refractivity contribution >= 4 is 11.1 Å². The summed E-state index contributed by atoms with van der Waals surface area (Å²) in [5.74, 6) is 0.983. The van der Waals surface area contributed by atoms with Crippen LogP contribution in [0.5, 0.6) is 0 Å². The molecule has 4 heteroatoms. The molecule has 1 N–H and O–H groups in total. The van der Waals surface area contributed by atoms with Crippen LogP contribution in [0.4, 0.5) is 0 Å². The number of fused-ring (bicyclic) bond motifs is 1. The zero-order valence-corrected chi connectivity index (χ0v) is 12.3. The Balaban J connectivity index is 2.21. The number of aromatic amines is 1. The van der Waals surface area contributed by atoms with E-state index in [1.165, 1.54) is 12.0 Å². The van der Waals surface area contributed by atoms with Crippen molar-refractivity contribution < 1.29 is 4.42 Å². The zero-order valence-electron chi connectivity index (χ0n) is 12.3. The van der Waals surface area contributed by atoms with Crippen LogP contribution in [0.25, 0.3) is 22.4 Å². The van der Waals surface area contributed by atoms with Gasteiger partial charge in [-0.1, -0.05) is 39.8 Å². The Morgan fingerprint density at radius 3 is 2.65 bits per heavy atom. The topological polar surface area (TPSA) is 54.7 Å². The first-order valence-corrected chi connectivity index (χ1v) is 6.91. The van der Waals surface area contributed by atoms with E-state index in [2.05, 4.69) is 54.8 Å². The van der Waals surface area contributed by atoms with Crippen molar-refractivity contribution in [1.29, 1.82) is 0 Å². The highest BCUT2D eigenvalue weighted by Gasteiger charge is 2.21. The molecule has 0 atom stereocenters. The van der Waals surface area contributed by atoms with Crippen LogP contribution in [-0.4, -0.2) is 15.0 Å². The van der Waals surface area contributed by atoms with E-state index >= 15 is 0 Å². The molecule has 0 aliphatic heterocycles. The Hall–Kier alpha value is -2.10. The molecule has 0 unspecified atom stereocenters. The number of nitrogens with zero attached hydrogens (tertiary/aromatic N) is 2. The minimum absolute atomic E-state index is 0.0267. The largest absolute Gasteiger partial charge is 0.443 e. The van der Waals surface area contributed by atoms with E-state index in [4.69, 9.17) is 4.42 Å². The van der Waals surface area contributed by atoms with E-state index in [1.807, 2.05) is 6.20 Å². The number of nitrogens with one attached hydrogen (secondary N) is 1. The molecule has 0 radical (unpaired) electrons. The highest BCUT2D eigenvalue weighted by Crippen LogP contribution is 2.34. The van der Waals surface area contributed by atoms with Gasteiger partial charge < -0.3 is 9.40 Å². The molecule has 0 fully saturated rings. The quantitative estimate of drug-likeness (QED) is 0.762. The average Bonchev–Trinajstić information content (AvgIpc) is 3.05. The summed E-state index contributed by atoms with van der Waals surface area (Å²) in [7, 11) is 0. The molecule has 0 spiro atoms. The lowest BCUT2D eigenvalue weighted by Crippen LogP contribution is -2.11. The maximum Gasteiger partial charge on any atom is 0.182 e. The Bertz CT molecular complexity index is 747. The van der Waals surface area contributed by atoms with E-state index in [-0.39, 0.29) is 5.41 Å². The molecule has 0 bridgehead atoms. The molecule has 4 nitrogen and oxygen atoms in total. The van der Waals surface area contributed by atoms with Crippen molar-refractivity contribution in [2.24, 2.45) is 0 Å². The number of oxazole rings is 1. The first-order valence-electron chi connectivity index (χ1n) is 6.91. The van der Waals surface area contributed by atoms with Crippen LogP contribution in [0, 0.1) is 0 Å². The van der Waals surface area contributed by atoms with Crippen LogP contribution in [0.3, 0.4) is 0 Å². The fourth-order valence-electron chi connectivity index (χ4n) is 2.44. The van der Waals surface area contributed by atoms with Gasteiger partial charge >= 0.3 is 0 Å². The lowest BCUT2D eigenvalue weighted by atomic mass is 9.85. The maximum atomic E-state index is 5.63. The van der Waals surface area contributed by atoms with Crippen molar-refractivity contribution in [2.75, 3.05) is 0 Å². The summed E-state index contributed by atoms with van der Waals surface area (Å²) in [5.41, 5.74) is 4.98. The summed E-state index contributed by atoms with van der Waals surface area (Å²) in [6, 6.07) is 4.22. The summed E-state index contributed by atoms with van der Waals surface area (Å²) < 4.78 is 5.63. The third kappa shape index (κ3) is 2.01. The van der Waals surface area contributed by atoms with E-state index in [0.29, 0.717) is 0 Å². The van der Waals surface area contributed by atoms with E-state index in [1.54, 1.807) is 0 Å². The SMILES string of the molecule is CCc1ncc(-c2ccc(C(C)(C)C)c3ocnc23)[nH]1. The van der Waals surface area contributed by atoms with Crippen LogP contribution >= 0.6 is 0 Å². The van der Waals surface area contributed by atoms with Gasteiger partial charge in [0, 0.05) is 17.5 Å². The Morgan fingerprint density at radius 2 is 2.00 bits per heavy atom. The highest BCUT2D eigenvalue weighted by atomic mass is 16.3. The Morgan fingerprint density at radius 1 is 1.20 bits per heavy atom. The van der Waals surface area contributed by atoms with Crippen molar-refractivity contribution in [3.05, 3.63) is 36.1 Å². The first-order chi connectivity index (χ1) is 9.50. The van der Waals surface area contributed by atoms with Gasteiger partial charge in [0.1, 0.15) is 11.3 Å². The van der Waals surface area contributed by atoms with E-state index < -0.39 is 0 Å². The van der Waals surface area contributed by atoms with Crippen molar-refractivity contribution in [2.45, 2.75) is 39.5 Å². The molecule has 3 aromatic rings. The molecular weight excluding hydrogens is 250 g/mol. The minimum Gasteiger partial charge on any atom is -0.443 e. The summed E-state index contributed by atoms with van der Waals surface area (Å²) in [5, 5.41) is 0. The number of imidazole rings is 1. The van der Waals surface area contributed by atoms with Crippen molar-refractivity contribution in [3.8, 4) is 11.3 Å². The highest BCUT2D eigenvalue weighted by molar-refractivity contribution is 5.91. The van der Waals surface area contributed by atoms with Crippen LogP contribution < -0.4 is 0 Å². The number of H-pyrrole nitrogens is 1. The third-order valence-corrected chi connectivity index (χ3v) is 3.55. The lowest BCUT2D eigenvalue weighted by Gasteiger charge is -2.19. The smallest absolute Gasteiger partial charge is 0.182 e. The van der Waals surface area contributed by atoms with Gasteiger partial charge in [-0.2, -0.15) is 0 Å². The van der Waals surface area contributed by atoms with Crippen LogP contribution in [0.15, 0.2) is 29.1 Å². The molecule has 0 amide bonds. The van der Waals surface area contributed by atoms with Gasteiger partial charge in [0.05, 0.1) is 11.9 Å². The van der Waals surface area contributed by atoms with Gasteiger partial charge in [-0.15, -0.1) is 0 Å². The molecule has 0 aliphatic rings. The fraction of sp³-hybridized carbons (Fsp3) is 0.375. The van der Waals surface area contributed by atoms with Crippen molar-refractivity contribution in [3.63, 3.8) is 0 Å². The standard InChI is InChI=1S/C16H19N3O/c1-5-13-17-8-12(19-13)10-6-7-11(16(2,3)4)15-14(10)18-9-20-15/h6-9H,5H2,1-4H3,(H,17,19). The second-order valence-corrected chi connectivity index (χ2v) is 6.04. The molecule has 1 aromatic carbocycles. The predicted octanol–water partition coefficient (Wildman–Crippen LogP) is 4.08. The summed E-state index contributed by atoms with van der Waals surface area (Å²) >= 11 is 0. The monoisotopic (exact) mass is 269 g/mol. The summed E-state index contributed by atoms with van der Waals surface area (Å²) in [6.45, 7) is 8.61. The summed E-state index contributed by atoms with van der Waals surface area (Å²) in [4.78, 5) is 12.1. The number of aromatic nitrogens is 3. The number of benzene rings is 1. The van der Waals surface area contributed by atoms with Gasteiger partial charge in [-0.25, -0.2) is 9.97 Å². The molecule has 20 heavy (non-hydrogen) atoms. The van der Waals surface area contributed by atoms with Crippen LogP contribution in [-0.2, 0) is 11.8 Å². The Labute approximate surface area is 118 Å². The van der Waals surface area contributed by atoms with Crippen LogP contribution in [0.1, 0.15) is 39.1 Å². The Kier molecular flexibility index (Phi) is 2.89. The summed E-state index contributed by atoms with van der Waals surface area (Å²) in [6.07, 6.45) is 4.27. The van der Waals surface area contributed by atoms with E-state index in [9.17, 15) is 0 Å². The normalized spacial score (nSPS) is 12.2. The predicted molar refractivity (Wildman–Crippen MR) is 79.7 cm³/mol. The van der Waals surface area contributed by atoms with E-state index in [0.717, 1.165) is 34.6 Å². The minimum atomic E-state index is 0.0267.